The van der Waals surface area contributed by atoms with E-state index < -0.39 is 9.84 Å². The molecule has 0 fully saturated rings. The number of anilines is 4. The fourth-order valence-corrected chi connectivity index (χ4v) is 7.31. The minimum absolute atomic E-state index is 0.210. The Balaban J connectivity index is 1.50. The highest BCUT2D eigenvalue weighted by molar-refractivity contribution is 7.91. The summed E-state index contributed by atoms with van der Waals surface area (Å²) in [7, 11) is -3.76. The summed E-state index contributed by atoms with van der Waals surface area (Å²) in [4.78, 5) is 4.96. The lowest BCUT2D eigenvalue weighted by Gasteiger charge is -2.22. The Labute approximate surface area is 317 Å². The van der Waals surface area contributed by atoms with Crippen molar-refractivity contribution >= 4 is 45.0 Å². The average molecular weight is 741 g/mol. The molecule has 0 spiro atoms. The zero-order valence-electron chi connectivity index (χ0n) is 32.6. The molecular weight excluding hydrogens is 685 g/mol. The number of hydrogen-bond donors (Lipinski definition) is 0. The molecule has 0 aliphatic carbocycles. The van der Waals surface area contributed by atoms with E-state index in [0.717, 1.165) is 71.6 Å². The Morgan fingerprint density at radius 1 is 0.491 bits per heavy atom. The van der Waals surface area contributed by atoms with Gasteiger partial charge >= 0.3 is 0 Å². The number of sulfone groups is 1. The van der Waals surface area contributed by atoms with Crippen molar-refractivity contribution in [3.63, 3.8) is 0 Å². The van der Waals surface area contributed by atoms with Gasteiger partial charge in [-0.2, -0.15) is 10.2 Å². The van der Waals surface area contributed by atoms with Crippen molar-refractivity contribution in [1.82, 2.24) is 0 Å². The molecule has 10 nitrogen and oxygen atoms in total. The van der Waals surface area contributed by atoms with Gasteiger partial charge in [-0.25, -0.2) is 8.42 Å². The minimum atomic E-state index is -3.76. The summed E-state index contributed by atoms with van der Waals surface area (Å²) in [5.74, 6) is 1.55. The molecule has 0 amide bonds. The molecule has 4 aromatic rings. The Morgan fingerprint density at radius 2 is 0.830 bits per heavy atom. The zero-order chi connectivity index (χ0) is 38.4. The first-order valence-electron chi connectivity index (χ1n) is 18.8. The summed E-state index contributed by atoms with van der Waals surface area (Å²) in [6.45, 7) is 22.4. The van der Waals surface area contributed by atoms with Crippen LogP contribution in [-0.4, -0.2) is 73.3 Å². The van der Waals surface area contributed by atoms with Crippen LogP contribution in [0.2, 0.25) is 0 Å². The molecule has 4 aromatic carbocycles. The largest absolute Gasteiger partial charge is 0.493 e. The van der Waals surface area contributed by atoms with E-state index in [1.165, 1.54) is 0 Å². The fourth-order valence-electron chi connectivity index (χ4n) is 6.05. The van der Waals surface area contributed by atoms with E-state index in [4.69, 9.17) is 19.7 Å². The van der Waals surface area contributed by atoms with Crippen LogP contribution in [0.15, 0.2) is 105 Å². The maximum atomic E-state index is 13.7. The normalized spacial score (nSPS) is 11.6. The van der Waals surface area contributed by atoms with Gasteiger partial charge in [-0.15, -0.1) is 0 Å². The summed E-state index contributed by atoms with van der Waals surface area (Å²) >= 11 is 0. The molecule has 0 saturated heterocycles. The van der Waals surface area contributed by atoms with Crippen LogP contribution >= 0.6 is 0 Å². The van der Waals surface area contributed by atoms with Gasteiger partial charge in [-0.1, -0.05) is 0 Å². The molecule has 0 atom stereocenters. The van der Waals surface area contributed by atoms with Gasteiger partial charge in [0.25, 0.3) is 0 Å². The predicted octanol–water partition coefficient (Wildman–Crippen LogP) is 8.73. The van der Waals surface area contributed by atoms with Gasteiger partial charge in [0.1, 0.15) is 11.5 Å². The molecule has 0 aliphatic rings. The van der Waals surface area contributed by atoms with Crippen molar-refractivity contribution in [3.05, 3.63) is 96.1 Å². The topological polar surface area (TPSA) is 90.3 Å². The third-order valence-electron chi connectivity index (χ3n) is 9.01. The maximum Gasteiger partial charge on any atom is 0.206 e. The fraction of sp³-hybridized carbons (Fsp3) is 0.381. The number of nitrogens with zero attached hydrogens (tertiary/aromatic N) is 6. The van der Waals surface area contributed by atoms with Gasteiger partial charge in [0.2, 0.25) is 9.84 Å². The Kier molecular flexibility index (Phi) is 15.1. The van der Waals surface area contributed by atoms with Gasteiger partial charge in [0.05, 0.1) is 46.8 Å². The van der Waals surface area contributed by atoms with Crippen molar-refractivity contribution in [2.75, 3.05) is 72.3 Å². The Bertz CT molecular complexity index is 1770. The van der Waals surface area contributed by atoms with Crippen LogP contribution in [0.25, 0.3) is 0 Å². The van der Waals surface area contributed by atoms with E-state index in [1.54, 1.807) is 61.0 Å². The lowest BCUT2D eigenvalue weighted by molar-refractivity contribution is 0.339. The highest BCUT2D eigenvalue weighted by atomic mass is 32.2. The third-order valence-corrected chi connectivity index (χ3v) is 10.8. The van der Waals surface area contributed by atoms with Crippen molar-refractivity contribution in [3.8, 4) is 11.5 Å². The molecule has 0 N–H and O–H groups in total. The SMILES string of the molecule is CCOc1cc(N(CC)CC)ccc1C=NN(CC)c1ccc(S(=O)(=O)c2ccc(N(CC)N=Cc3ccc(N(CC)CC)cc3OCC)cc2)cc1. The van der Waals surface area contributed by atoms with Gasteiger partial charge in [-0.05, 0) is 128 Å². The lowest BCUT2D eigenvalue weighted by atomic mass is 10.2. The number of hydrogen-bond acceptors (Lipinski definition) is 10. The smallest absolute Gasteiger partial charge is 0.206 e. The molecule has 0 aromatic heterocycles. The number of rotatable bonds is 20. The molecule has 0 heterocycles. The summed E-state index contributed by atoms with van der Waals surface area (Å²) in [6, 6.07) is 26.0. The van der Waals surface area contributed by atoms with E-state index in [1.807, 2.05) is 49.8 Å². The first kappa shape index (κ1) is 40.7. The van der Waals surface area contributed by atoms with Crippen LogP contribution in [0.3, 0.4) is 0 Å². The first-order chi connectivity index (χ1) is 25.7. The molecule has 284 valence electrons. The highest BCUT2D eigenvalue weighted by Crippen LogP contribution is 2.29. The molecule has 0 saturated carbocycles. The standard InChI is InChI=1S/C42H56N6O4S/c1-9-45(10-2)37-19-17-33(41(29-37)51-15-7)31-43-47(13-5)35-21-25-39(26-22-35)53(49,50)40-27-23-36(24-28-40)48(14-6)44-32-34-18-20-38(46(11-3)12-4)30-42(34)52-16-8/h17-32H,9-16H2,1-8H3. The predicted molar refractivity (Wildman–Crippen MR) is 222 cm³/mol. The number of ether oxygens (including phenoxy) is 2. The van der Waals surface area contributed by atoms with Gasteiger partial charge in [-0.3, -0.25) is 10.0 Å². The van der Waals surface area contributed by atoms with Gasteiger partial charge < -0.3 is 19.3 Å². The monoisotopic (exact) mass is 740 g/mol. The summed E-state index contributed by atoms with van der Waals surface area (Å²) < 4.78 is 39.2. The molecule has 53 heavy (non-hydrogen) atoms. The molecule has 0 unspecified atom stereocenters. The summed E-state index contributed by atoms with van der Waals surface area (Å²) in [5.41, 5.74) is 5.51. The van der Waals surface area contributed by atoms with Gasteiger partial charge in [0.15, 0.2) is 0 Å². The number of hydrazone groups is 2. The van der Waals surface area contributed by atoms with Crippen molar-refractivity contribution in [2.24, 2.45) is 10.2 Å². The molecule has 4 rings (SSSR count). The summed E-state index contributed by atoms with van der Waals surface area (Å²) in [6.07, 6.45) is 3.58. The lowest BCUT2D eigenvalue weighted by Crippen LogP contribution is -2.21. The highest BCUT2D eigenvalue weighted by Gasteiger charge is 2.19. The van der Waals surface area contributed by atoms with E-state index >= 15 is 0 Å². The molecule has 11 heteroatoms. The van der Waals surface area contributed by atoms with E-state index in [-0.39, 0.29) is 9.79 Å². The average Bonchev–Trinajstić information content (AvgIpc) is 3.18. The Hall–Kier alpha value is -5.03. The van der Waals surface area contributed by atoms with Gasteiger partial charge in [0, 0.05) is 73.9 Å². The second-order valence-corrected chi connectivity index (χ2v) is 14.0. The van der Waals surface area contributed by atoms with Crippen molar-refractivity contribution < 1.29 is 17.9 Å². The minimum Gasteiger partial charge on any atom is -0.493 e. The summed E-state index contributed by atoms with van der Waals surface area (Å²) in [5, 5.41) is 13.1. The van der Waals surface area contributed by atoms with Crippen LogP contribution in [0.4, 0.5) is 22.7 Å². The molecule has 0 radical (unpaired) electrons. The van der Waals surface area contributed by atoms with Crippen LogP contribution in [0.5, 0.6) is 11.5 Å². The van der Waals surface area contributed by atoms with E-state index in [2.05, 4.69) is 61.8 Å². The quantitative estimate of drug-likeness (QED) is 0.0657. The molecular formula is C42H56N6O4S. The Morgan fingerprint density at radius 3 is 1.13 bits per heavy atom. The van der Waals surface area contributed by atoms with Crippen LogP contribution in [0.1, 0.15) is 66.5 Å². The van der Waals surface area contributed by atoms with E-state index in [0.29, 0.717) is 26.3 Å². The molecule has 0 bridgehead atoms. The van der Waals surface area contributed by atoms with Crippen molar-refractivity contribution in [2.45, 2.75) is 65.2 Å². The van der Waals surface area contributed by atoms with Crippen LogP contribution < -0.4 is 29.3 Å². The second-order valence-electron chi connectivity index (χ2n) is 12.1. The maximum absolute atomic E-state index is 13.7. The van der Waals surface area contributed by atoms with Crippen LogP contribution in [-0.2, 0) is 9.84 Å². The molecule has 0 aliphatic heterocycles. The third kappa shape index (κ3) is 10.1. The van der Waals surface area contributed by atoms with Crippen LogP contribution in [0, 0.1) is 0 Å². The zero-order valence-corrected chi connectivity index (χ0v) is 33.4. The second kappa shape index (κ2) is 19.7. The first-order valence-corrected chi connectivity index (χ1v) is 20.3. The van der Waals surface area contributed by atoms with Crippen molar-refractivity contribution in [1.29, 1.82) is 0 Å². The van der Waals surface area contributed by atoms with E-state index in [9.17, 15) is 8.42 Å². The number of benzene rings is 4.